The molecule has 4 unspecified atom stereocenters. The molecule has 0 bridgehead atoms. The SMILES string of the molecule is NC(N)=NCCCC(N)C(=O)NC(CC(=O)O)C(=O)NC(Cc1ccccc1)C(=O)NC(CCC(=O)O)C(=O)O. The number of rotatable bonds is 18. The molecule has 0 aliphatic rings. The van der Waals surface area contributed by atoms with Gasteiger partial charge in [-0.25, -0.2) is 4.79 Å². The van der Waals surface area contributed by atoms with Gasteiger partial charge in [0.2, 0.25) is 17.7 Å². The number of guanidine groups is 1. The van der Waals surface area contributed by atoms with E-state index in [4.69, 9.17) is 22.3 Å². The van der Waals surface area contributed by atoms with Gasteiger partial charge in [-0.2, -0.15) is 0 Å². The van der Waals surface area contributed by atoms with Crippen LogP contribution in [0.15, 0.2) is 35.3 Å². The molecule has 0 spiro atoms. The number of hydrogen-bond donors (Lipinski definition) is 9. The van der Waals surface area contributed by atoms with E-state index in [2.05, 4.69) is 20.9 Å². The molecule has 12 N–H and O–H groups in total. The molecule has 4 atom stereocenters. The molecule has 16 nitrogen and oxygen atoms in total. The van der Waals surface area contributed by atoms with Gasteiger partial charge in [-0.1, -0.05) is 30.3 Å². The van der Waals surface area contributed by atoms with Gasteiger partial charge in [-0.3, -0.25) is 29.0 Å². The van der Waals surface area contributed by atoms with Crippen LogP contribution in [-0.2, 0) is 35.2 Å². The lowest BCUT2D eigenvalue weighted by molar-refractivity contribution is -0.144. The van der Waals surface area contributed by atoms with Crippen LogP contribution in [0.2, 0.25) is 0 Å². The monoisotopic (exact) mass is 565 g/mol. The third kappa shape index (κ3) is 13.2. The van der Waals surface area contributed by atoms with Crippen LogP contribution in [0.5, 0.6) is 0 Å². The first kappa shape index (κ1) is 33.3. The molecule has 0 saturated heterocycles. The van der Waals surface area contributed by atoms with Crippen molar-refractivity contribution in [3.8, 4) is 0 Å². The molecule has 0 saturated carbocycles. The lowest BCUT2D eigenvalue weighted by Gasteiger charge is -2.24. The number of nitrogens with two attached hydrogens (primary N) is 3. The van der Waals surface area contributed by atoms with Gasteiger partial charge in [0.05, 0.1) is 12.5 Å². The van der Waals surface area contributed by atoms with Crippen LogP contribution in [0.25, 0.3) is 0 Å². The maximum atomic E-state index is 13.1. The highest BCUT2D eigenvalue weighted by molar-refractivity contribution is 5.95. The normalized spacial score (nSPS) is 13.5. The van der Waals surface area contributed by atoms with Crippen molar-refractivity contribution < 1.29 is 44.1 Å². The van der Waals surface area contributed by atoms with Gasteiger partial charge in [0.1, 0.15) is 18.1 Å². The number of amides is 3. The van der Waals surface area contributed by atoms with E-state index in [-0.39, 0.29) is 25.3 Å². The van der Waals surface area contributed by atoms with E-state index in [9.17, 15) is 39.0 Å². The number of carbonyl (C=O) groups excluding carboxylic acids is 3. The summed E-state index contributed by atoms with van der Waals surface area (Å²) in [6.45, 7) is 0.197. The molecular weight excluding hydrogens is 530 g/mol. The molecule has 220 valence electrons. The fourth-order valence-corrected chi connectivity index (χ4v) is 3.44. The maximum absolute atomic E-state index is 13.1. The zero-order valence-electron chi connectivity index (χ0n) is 21.6. The number of nitrogens with zero attached hydrogens (tertiary/aromatic N) is 1. The van der Waals surface area contributed by atoms with Crippen LogP contribution in [0.1, 0.15) is 37.7 Å². The summed E-state index contributed by atoms with van der Waals surface area (Å²) in [5.74, 6) is -7.12. The van der Waals surface area contributed by atoms with Crippen molar-refractivity contribution in [2.75, 3.05) is 6.54 Å². The van der Waals surface area contributed by atoms with Crippen LogP contribution in [0.4, 0.5) is 0 Å². The first-order chi connectivity index (χ1) is 18.8. The average Bonchev–Trinajstić information content (AvgIpc) is 2.87. The van der Waals surface area contributed by atoms with Crippen LogP contribution in [0, 0.1) is 0 Å². The highest BCUT2D eigenvalue weighted by atomic mass is 16.4. The molecule has 0 aliphatic carbocycles. The van der Waals surface area contributed by atoms with Gasteiger partial charge in [-0.05, 0) is 24.8 Å². The number of hydrogen-bond acceptors (Lipinski definition) is 8. The second-order valence-electron chi connectivity index (χ2n) is 8.80. The van der Waals surface area contributed by atoms with Crippen molar-refractivity contribution in [2.24, 2.45) is 22.2 Å². The Labute approximate surface area is 229 Å². The second kappa shape index (κ2) is 17.0. The fraction of sp³-hybridized carbons (Fsp3) is 0.458. The molecule has 3 amide bonds. The van der Waals surface area contributed by atoms with Crippen molar-refractivity contribution in [2.45, 2.75) is 62.7 Å². The third-order valence-corrected chi connectivity index (χ3v) is 5.49. The Balaban J connectivity index is 3.06. The van der Waals surface area contributed by atoms with E-state index in [0.29, 0.717) is 12.0 Å². The average molecular weight is 566 g/mol. The minimum absolute atomic E-state index is 0.121. The van der Waals surface area contributed by atoms with E-state index >= 15 is 0 Å². The van der Waals surface area contributed by atoms with Crippen LogP contribution < -0.4 is 33.2 Å². The summed E-state index contributed by atoms with van der Waals surface area (Å²) in [4.78, 5) is 76.2. The lowest BCUT2D eigenvalue weighted by Crippen LogP contribution is -2.58. The molecule has 40 heavy (non-hydrogen) atoms. The summed E-state index contributed by atoms with van der Waals surface area (Å²) in [6.07, 6.45) is -1.46. The van der Waals surface area contributed by atoms with Gasteiger partial charge in [0, 0.05) is 19.4 Å². The fourth-order valence-electron chi connectivity index (χ4n) is 3.44. The predicted octanol–water partition coefficient (Wildman–Crippen LogP) is -2.51. The van der Waals surface area contributed by atoms with E-state index < -0.39 is 79.1 Å². The lowest BCUT2D eigenvalue weighted by atomic mass is 10.0. The summed E-state index contributed by atoms with van der Waals surface area (Å²) >= 11 is 0. The standard InChI is InChI=1S/C24H35N7O9/c25-14(7-4-10-28-24(26)27)20(36)30-17(12-19(34)35)22(38)31-16(11-13-5-2-1-3-6-13)21(37)29-15(23(39)40)8-9-18(32)33/h1-3,5-6,14-17H,4,7-12,25H2,(H,29,37)(H,30,36)(H,31,38)(H,32,33)(H,34,35)(H,39,40)(H4,26,27,28). The van der Waals surface area contributed by atoms with Crippen molar-refractivity contribution in [3.05, 3.63) is 35.9 Å². The first-order valence-electron chi connectivity index (χ1n) is 12.2. The van der Waals surface area contributed by atoms with Crippen LogP contribution >= 0.6 is 0 Å². The Kier molecular flexibility index (Phi) is 14.1. The van der Waals surface area contributed by atoms with Gasteiger partial charge >= 0.3 is 17.9 Å². The Hall–Kier alpha value is -4.73. The van der Waals surface area contributed by atoms with Gasteiger partial charge in [-0.15, -0.1) is 0 Å². The zero-order chi connectivity index (χ0) is 30.2. The topological polar surface area (TPSA) is 290 Å². The van der Waals surface area contributed by atoms with E-state index in [1.54, 1.807) is 30.3 Å². The summed E-state index contributed by atoms with van der Waals surface area (Å²) < 4.78 is 0. The van der Waals surface area contributed by atoms with Crippen molar-refractivity contribution >= 4 is 41.6 Å². The number of carboxylic acids is 3. The van der Waals surface area contributed by atoms with Gasteiger partial charge in [0.15, 0.2) is 5.96 Å². The molecule has 1 rings (SSSR count). The Bertz CT molecular complexity index is 1080. The summed E-state index contributed by atoms with van der Waals surface area (Å²) in [6, 6.07) is 2.62. The zero-order valence-corrected chi connectivity index (χ0v) is 21.6. The number of carboxylic acid groups (broad SMARTS) is 3. The van der Waals surface area contributed by atoms with Gasteiger partial charge in [0.25, 0.3) is 0 Å². The van der Waals surface area contributed by atoms with E-state index in [0.717, 1.165) is 0 Å². The number of benzene rings is 1. The molecule has 1 aromatic rings. The van der Waals surface area contributed by atoms with Gasteiger partial charge < -0.3 is 48.5 Å². The van der Waals surface area contributed by atoms with Crippen molar-refractivity contribution in [3.63, 3.8) is 0 Å². The Morgan fingerprint density at radius 3 is 1.90 bits per heavy atom. The number of nitrogens with one attached hydrogen (secondary N) is 3. The molecule has 16 heteroatoms. The molecule has 0 fully saturated rings. The second-order valence-corrected chi connectivity index (χ2v) is 8.80. The summed E-state index contributed by atoms with van der Waals surface area (Å²) in [5.41, 5.74) is 16.9. The molecular formula is C24H35N7O9. The molecule has 0 aromatic heterocycles. The van der Waals surface area contributed by atoms with Crippen molar-refractivity contribution in [1.82, 2.24) is 16.0 Å². The third-order valence-electron chi connectivity index (χ3n) is 5.49. The smallest absolute Gasteiger partial charge is 0.326 e. The number of aliphatic imine (C=N–C) groups is 1. The molecule has 1 aromatic carbocycles. The molecule has 0 aliphatic heterocycles. The largest absolute Gasteiger partial charge is 0.481 e. The first-order valence-corrected chi connectivity index (χ1v) is 12.2. The minimum atomic E-state index is -1.62. The van der Waals surface area contributed by atoms with Crippen molar-refractivity contribution in [1.29, 1.82) is 0 Å². The van der Waals surface area contributed by atoms with E-state index in [1.165, 1.54) is 0 Å². The Morgan fingerprint density at radius 1 is 0.775 bits per heavy atom. The quantitative estimate of drug-likeness (QED) is 0.0506. The highest BCUT2D eigenvalue weighted by Crippen LogP contribution is 2.07. The molecule has 0 heterocycles. The maximum Gasteiger partial charge on any atom is 0.326 e. The summed E-state index contributed by atoms with van der Waals surface area (Å²) in [7, 11) is 0. The minimum Gasteiger partial charge on any atom is -0.481 e. The summed E-state index contributed by atoms with van der Waals surface area (Å²) in [5, 5.41) is 34.4. The van der Waals surface area contributed by atoms with Crippen LogP contribution in [0.3, 0.4) is 0 Å². The predicted molar refractivity (Wildman–Crippen MR) is 141 cm³/mol. The highest BCUT2D eigenvalue weighted by Gasteiger charge is 2.31. The van der Waals surface area contributed by atoms with E-state index in [1.807, 2.05) is 0 Å². The molecule has 0 radical (unpaired) electrons. The van der Waals surface area contributed by atoms with Crippen LogP contribution in [-0.4, -0.2) is 87.6 Å². The number of carbonyl (C=O) groups is 6. The number of aliphatic carboxylic acids is 3. The Morgan fingerprint density at radius 2 is 1.35 bits per heavy atom.